The third-order valence-corrected chi connectivity index (χ3v) is 2.73. The van der Waals surface area contributed by atoms with Gasteiger partial charge in [-0.3, -0.25) is 9.78 Å². The molecule has 1 N–H and O–H groups in total. The number of carbonyl (C=O) groups excluding carboxylic acids is 1. The zero-order chi connectivity index (χ0) is 14.0. The van der Waals surface area contributed by atoms with Gasteiger partial charge in [0.1, 0.15) is 5.69 Å². The summed E-state index contributed by atoms with van der Waals surface area (Å²) in [7, 11) is 0. The Hall–Kier alpha value is -2.11. The zero-order valence-electron chi connectivity index (χ0n) is 10.1. The molecule has 100 valence electrons. The SMILES string of the molecule is CCc1cc(C(F)(F)F)cnc1C(=O)c1ccc[nH]1. The molecule has 0 atom stereocenters. The molecule has 0 aliphatic carbocycles. The first-order valence-electron chi connectivity index (χ1n) is 5.67. The van der Waals surface area contributed by atoms with Gasteiger partial charge in [0.25, 0.3) is 0 Å². The van der Waals surface area contributed by atoms with E-state index in [9.17, 15) is 18.0 Å². The summed E-state index contributed by atoms with van der Waals surface area (Å²) in [4.78, 5) is 18.5. The largest absolute Gasteiger partial charge is 0.417 e. The molecule has 0 saturated carbocycles. The van der Waals surface area contributed by atoms with Crippen molar-refractivity contribution >= 4 is 5.78 Å². The first-order valence-corrected chi connectivity index (χ1v) is 5.67. The standard InChI is InChI=1S/C13H11F3N2O/c1-2-8-6-9(13(14,15)16)7-18-11(8)12(19)10-4-3-5-17-10/h3-7,17H,2H2,1H3. The molecule has 0 aromatic carbocycles. The molecule has 2 rings (SSSR count). The maximum absolute atomic E-state index is 12.6. The second kappa shape index (κ2) is 4.87. The second-order valence-electron chi connectivity index (χ2n) is 4.00. The predicted molar refractivity (Wildman–Crippen MR) is 62.8 cm³/mol. The summed E-state index contributed by atoms with van der Waals surface area (Å²) >= 11 is 0. The van der Waals surface area contributed by atoms with Crippen LogP contribution < -0.4 is 0 Å². The van der Waals surface area contributed by atoms with Crippen molar-refractivity contribution in [3.8, 4) is 0 Å². The second-order valence-corrected chi connectivity index (χ2v) is 4.00. The molecule has 0 unspecified atom stereocenters. The molecule has 0 amide bonds. The normalized spacial score (nSPS) is 11.6. The number of ketones is 1. The summed E-state index contributed by atoms with van der Waals surface area (Å²) in [5.41, 5.74) is -0.193. The molecule has 2 aromatic rings. The molecule has 3 nitrogen and oxygen atoms in total. The summed E-state index contributed by atoms with van der Waals surface area (Å²) in [5.74, 6) is -0.407. The van der Waals surface area contributed by atoms with E-state index in [-0.39, 0.29) is 11.3 Å². The highest BCUT2D eigenvalue weighted by molar-refractivity contribution is 6.07. The molecule has 0 fully saturated rings. The molecule has 2 aromatic heterocycles. The van der Waals surface area contributed by atoms with Gasteiger partial charge in [0, 0.05) is 12.4 Å². The third-order valence-electron chi connectivity index (χ3n) is 2.73. The first kappa shape index (κ1) is 13.3. The summed E-state index contributed by atoms with van der Waals surface area (Å²) < 4.78 is 37.7. The number of H-pyrrole nitrogens is 1. The Morgan fingerprint density at radius 2 is 2.16 bits per heavy atom. The van der Waals surface area contributed by atoms with Gasteiger partial charge in [-0.05, 0) is 30.2 Å². The van der Waals surface area contributed by atoms with Gasteiger partial charge in [0.2, 0.25) is 5.78 Å². The average Bonchev–Trinajstić information content (AvgIpc) is 2.90. The van der Waals surface area contributed by atoms with Gasteiger partial charge in [-0.2, -0.15) is 13.2 Å². The number of nitrogens with one attached hydrogen (secondary N) is 1. The van der Waals surface area contributed by atoms with Gasteiger partial charge >= 0.3 is 6.18 Å². The Morgan fingerprint density at radius 1 is 1.42 bits per heavy atom. The van der Waals surface area contributed by atoms with Gasteiger partial charge in [0.15, 0.2) is 0 Å². The minimum atomic E-state index is -4.45. The average molecular weight is 268 g/mol. The quantitative estimate of drug-likeness (QED) is 0.869. The molecule has 19 heavy (non-hydrogen) atoms. The first-order chi connectivity index (χ1) is 8.93. The molecule has 0 bridgehead atoms. The number of aromatic amines is 1. The topological polar surface area (TPSA) is 45.8 Å². The van der Waals surface area contributed by atoms with E-state index in [0.717, 1.165) is 6.07 Å². The zero-order valence-corrected chi connectivity index (χ0v) is 10.1. The van der Waals surface area contributed by atoms with E-state index in [2.05, 4.69) is 9.97 Å². The van der Waals surface area contributed by atoms with Crippen LogP contribution >= 0.6 is 0 Å². The number of halogens is 3. The predicted octanol–water partition coefficient (Wildman–Crippen LogP) is 3.22. The molecule has 0 radical (unpaired) electrons. The molecule has 0 spiro atoms. The van der Waals surface area contributed by atoms with Crippen LogP contribution in [0.25, 0.3) is 0 Å². The molecule has 0 saturated heterocycles. The fourth-order valence-corrected chi connectivity index (χ4v) is 1.74. The smallest absolute Gasteiger partial charge is 0.358 e. The van der Waals surface area contributed by atoms with Crippen LogP contribution in [0.15, 0.2) is 30.6 Å². The fourth-order valence-electron chi connectivity index (χ4n) is 1.74. The molecule has 6 heteroatoms. The fraction of sp³-hybridized carbons (Fsp3) is 0.231. The lowest BCUT2D eigenvalue weighted by atomic mass is 10.0. The summed E-state index contributed by atoms with van der Waals surface area (Å²) in [6.07, 6.45) is -1.89. The number of pyridine rings is 1. The van der Waals surface area contributed by atoms with E-state index in [1.165, 1.54) is 0 Å². The van der Waals surface area contributed by atoms with Crippen molar-refractivity contribution in [2.24, 2.45) is 0 Å². The summed E-state index contributed by atoms with van der Waals surface area (Å²) in [5, 5.41) is 0. The van der Waals surface area contributed by atoms with E-state index in [0.29, 0.717) is 18.3 Å². The van der Waals surface area contributed by atoms with Crippen molar-refractivity contribution in [3.63, 3.8) is 0 Å². The highest BCUT2D eigenvalue weighted by Gasteiger charge is 2.32. The van der Waals surface area contributed by atoms with Crippen molar-refractivity contribution in [1.82, 2.24) is 9.97 Å². The van der Waals surface area contributed by atoms with Crippen molar-refractivity contribution < 1.29 is 18.0 Å². The Balaban J connectivity index is 2.45. The van der Waals surface area contributed by atoms with Crippen LogP contribution in [0.2, 0.25) is 0 Å². The number of rotatable bonds is 3. The van der Waals surface area contributed by atoms with E-state index < -0.39 is 17.5 Å². The van der Waals surface area contributed by atoms with Crippen LogP contribution in [0.5, 0.6) is 0 Å². The Kier molecular flexibility index (Phi) is 3.42. The van der Waals surface area contributed by atoms with Crippen molar-refractivity contribution in [3.05, 3.63) is 53.1 Å². The van der Waals surface area contributed by atoms with Gasteiger partial charge in [-0.1, -0.05) is 6.92 Å². The van der Waals surface area contributed by atoms with Crippen molar-refractivity contribution in [2.45, 2.75) is 19.5 Å². The highest BCUT2D eigenvalue weighted by Crippen LogP contribution is 2.30. The highest BCUT2D eigenvalue weighted by atomic mass is 19.4. The summed E-state index contributed by atoms with van der Waals surface area (Å²) in [6.45, 7) is 1.68. The van der Waals surface area contributed by atoms with E-state index in [4.69, 9.17) is 0 Å². The van der Waals surface area contributed by atoms with Crippen molar-refractivity contribution in [2.75, 3.05) is 0 Å². The lowest BCUT2D eigenvalue weighted by Gasteiger charge is -2.10. The maximum Gasteiger partial charge on any atom is 0.417 e. The van der Waals surface area contributed by atoms with Crippen LogP contribution in [0.3, 0.4) is 0 Å². The van der Waals surface area contributed by atoms with Crippen LogP contribution in [-0.2, 0) is 12.6 Å². The number of alkyl halides is 3. The van der Waals surface area contributed by atoms with Gasteiger partial charge in [-0.25, -0.2) is 0 Å². The molecule has 0 aliphatic rings. The number of carbonyl (C=O) groups is 1. The minimum Gasteiger partial charge on any atom is -0.358 e. The molecule has 0 aliphatic heterocycles. The Bertz CT molecular complexity index is 588. The number of aromatic nitrogens is 2. The van der Waals surface area contributed by atoms with Crippen molar-refractivity contribution in [1.29, 1.82) is 0 Å². The van der Waals surface area contributed by atoms with E-state index in [1.54, 1.807) is 25.3 Å². The Labute approximate surface area is 107 Å². The van der Waals surface area contributed by atoms with Crippen LogP contribution in [0.4, 0.5) is 13.2 Å². The van der Waals surface area contributed by atoms with Gasteiger partial charge in [0.05, 0.1) is 11.3 Å². The molecule has 2 heterocycles. The summed E-state index contributed by atoms with van der Waals surface area (Å²) in [6, 6.07) is 4.17. The van der Waals surface area contributed by atoms with Crippen LogP contribution in [0.1, 0.15) is 34.2 Å². The number of hydrogen-bond acceptors (Lipinski definition) is 2. The molecular formula is C13H11F3N2O. The monoisotopic (exact) mass is 268 g/mol. The third kappa shape index (κ3) is 2.67. The molecular weight excluding hydrogens is 257 g/mol. The number of aryl methyl sites for hydroxylation is 1. The number of nitrogens with zero attached hydrogens (tertiary/aromatic N) is 1. The van der Waals surface area contributed by atoms with Gasteiger partial charge < -0.3 is 4.98 Å². The minimum absolute atomic E-state index is 0.0537. The lowest BCUT2D eigenvalue weighted by molar-refractivity contribution is -0.137. The van der Waals surface area contributed by atoms with E-state index >= 15 is 0 Å². The maximum atomic E-state index is 12.6. The number of hydrogen-bond donors (Lipinski definition) is 1. The Morgan fingerprint density at radius 3 is 2.68 bits per heavy atom. The van der Waals surface area contributed by atoms with Crippen LogP contribution in [-0.4, -0.2) is 15.8 Å². The lowest BCUT2D eigenvalue weighted by Crippen LogP contribution is -2.12. The van der Waals surface area contributed by atoms with Crippen LogP contribution in [0, 0.1) is 0 Å². The van der Waals surface area contributed by atoms with E-state index in [1.807, 2.05) is 0 Å². The van der Waals surface area contributed by atoms with Gasteiger partial charge in [-0.15, -0.1) is 0 Å².